The van der Waals surface area contributed by atoms with Crippen molar-refractivity contribution in [1.82, 2.24) is 10.3 Å². The van der Waals surface area contributed by atoms with Gasteiger partial charge in [-0.1, -0.05) is 47.9 Å². The Morgan fingerprint density at radius 3 is 2.67 bits per heavy atom. The van der Waals surface area contributed by atoms with Crippen LogP contribution in [0.1, 0.15) is 41.6 Å². The first-order valence-electron chi connectivity index (χ1n) is 10.7. The number of anilines is 2. The van der Waals surface area contributed by atoms with Gasteiger partial charge in [0.1, 0.15) is 0 Å². The molecule has 5 N–H and O–H groups in total. The van der Waals surface area contributed by atoms with Crippen LogP contribution in [0.15, 0.2) is 36.4 Å². The topological polar surface area (TPSA) is 126 Å². The second kappa shape index (κ2) is 9.76. The van der Waals surface area contributed by atoms with E-state index in [1.54, 1.807) is 24.3 Å². The number of thiazole rings is 1. The first-order chi connectivity index (χ1) is 15.8. The molecule has 1 heterocycles. The molecule has 2 aromatic carbocycles. The number of fused-ring (bicyclic) bond motifs is 1. The molecule has 0 aliphatic heterocycles. The number of hydrogen-bond donors (Lipinski definition) is 4. The Morgan fingerprint density at radius 1 is 1.12 bits per heavy atom. The number of halogens is 1. The van der Waals surface area contributed by atoms with Gasteiger partial charge in [0, 0.05) is 11.6 Å². The number of rotatable bonds is 5. The van der Waals surface area contributed by atoms with E-state index in [1.807, 2.05) is 19.1 Å². The van der Waals surface area contributed by atoms with Gasteiger partial charge in [0.25, 0.3) is 5.91 Å². The molecule has 8 nitrogen and oxygen atoms in total. The number of amides is 4. The van der Waals surface area contributed by atoms with Crippen molar-refractivity contribution in [2.24, 2.45) is 11.7 Å². The quantitative estimate of drug-likeness (QED) is 0.418. The first kappa shape index (κ1) is 23.0. The van der Waals surface area contributed by atoms with Crippen LogP contribution < -0.4 is 21.7 Å². The minimum absolute atomic E-state index is 0.283. The van der Waals surface area contributed by atoms with Crippen LogP contribution in [0.2, 0.25) is 5.02 Å². The molecule has 1 saturated carbocycles. The van der Waals surface area contributed by atoms with Crippen LogP contribution in [0.25, 0.3) is 10.2 Å². The average Bonchev–Trinajstić information content (AvgIpc) is 3.17. The number of para-hydroxylation sites is 1. The molecule has 4 rings (SSSR count). The average molecular weight is 486 g/mol. The summed E-state index contributed by atoms with van der Waals surface area (Å²) >= 11 is 7.47. The summed E-state index contributed by atoms with van der Waals surface area (Å²) in [4.78, 5) is 41.3. The zero-order valence-electron chi connectivity index (χ0n) is 18.0. The first-order valence-corrected chi connectivity index (χ1v) is 11.8. The smallest absolute Gasteiger partial charge is 0.321 e. The number of nitrogens with two attached hydrogens (primary N) is 1. The summed E-state index contributed by atoms with van der Waals surface area (Å²) in [5.74, 6) is -1.04. The van der Waals surface area contributed by atoms with Crippen molar-refractivity contribution >= 4 is 61.8 Å². The fraction of sp³-hybridized carbons (Fsp3) is 0.304. The highest BCUT2D eigenvalue weighted by atomic mass is 35.5. The lowest BCUT2D eigenvalue weighted by molar-refractivity contribution is -0.123. The summed E-state index contributed by atoms with van der Waals surface area (Å²) in [5.41, 5.74) is 8.03. The van der Waals surface area contributed by atoms with Gasteiger partial charge in [-0.25, -0.2) is 9.78 Å². The van der Waals surface area contributed by atoms with Crippen LogP contribution in [-0.2, 0) is 4.79 Å². The van der Waals surface area contributed by atoms with Gasteiger partial charge in [-0.2, -0.15) is 0 Å². The highest BCUT2D eigenvalue weighted by Gasteiger charge is 2.30. The van der Waals surface area contributed by atoms with Gasteiger partial charge in [0.15, 0.2) is 5.13 Å². The van der Waals surface area contributed by atoms with Crippen molar-refractivity contribution in [2.75, 3.05) is 10.6 Å². The monoisotopic (exact) mass is 485 g/mol. The Balaban J connectivity index is 1.45. The third kappa shape index (κ3) is 5.26. The molecule has 2 atom stereocenters. The lowest BCUT2D eigenvalue weighted by Crippen LogP contribution is -2.48. The Labute approximate surface area is 199 Å². The van der Waals surface area contributed by atoms with E-state index >= 15 is 0 Å². The Morgan fingerprint density at radius 2 is 1.91 bits per heavy atom. The molecule has 0 spiro atoms. The Bertz CT molecular complexity index is 1210. The SMILES string of the molecule is Cc1cccc(Cl)c1NC(=O)c1ccc2nc(NC(=O)NC3CCCCC3C(N)=O)sc2c1. The molecular formula is C23H24ClN5O3S. The van der Waals surface area contributed by atoms with Crippen molar-refractivity contribution in [2.45, 2.75) is 38.6 Å². The highest BCUT2D eigenvalue weighted by Crippen LogP contribution is 2.29. The summed E-state index contributed by atoms with van der Waals surface area (Å²) in [7, 11) is 0. The maximum absolute atomic E-state index is 12.8. The van der Waals surface area contributed by atoms with E-state index in [9.17, 15) is 14.4 Å². The van der Waals surface area contributed by atoms with Crippen LogP contribution in [0.5, 0.6) is 0 Å². The van der Waals surface area contributed by atoms with Crippen LogP contribution in [-0.4, -0.2) is 28.9 Å². The second-order valence-electron chi connectivity index (χ2n) is 8.09. The Kier molecular flexibility index (Phi) is 6.80. The van der Waals surface area contributed by atoms with Crippen molar-refractivity contribution in [1.29, 1.82) is 0 Å². The summed E-state index contributed by atoms with van der Waals surface area (Å²) in [6, 6.07) is 9.83. The third-order valence-electron chi connectivity index (χ3n) is 5.78. The largest absolute Gasteiger partial charge is 0.369 e. The van der Waals surface area contributed by atoms with Crippen LogP contribution >= 0.6 is 22.9 Å². The molecule has 4 amide bonds. The van der Waals surface area contributed by atoms with E-state index in [0.29, 0.717) is 39.8 Å². The lowest BCUT2D eigenvalue weighted by Gasteiger charge is -2.29. The summed E-state index contributed by atoms with van der Waals surface area (Å²) in [6.45, 7) is 1.87. The molecule has 172 valence electrons. The molecule has 0 saturated heterocycles. The van der Waals surface area contributed by atoms with Gasteiger partial charge in [-0.05, 0) is 49.6 Å². The fourth-order valence-corrected chi connectivity index (χ4v) is 5.21. The van der Waals surface area contributed by atoms with Crippen LogP contribution in [0.4, 0.5) is 15.6 Å². The zero-order valence-corrected chi connectivity index (χ0v) is 19.6. The number of aryl methyl sites for hydroxylation is 1. The van der Waals surface area contributed by atoms with Crippen molar-refractivity contribution in [3.8, 4) is 0 Å². The standard InChI is InChI=1S/C23H24ClN5O3S/c1-12-5-4-7-15(24)19(12)28-21(31)13-9-10-17-18(11-13)33-23(27-17)29-22(32)26-16-8-3-2-6-14(16)20(25)30/h4-5,7,9-11,14,16H,2-3,6,8H2,1H3,(H2,25,30)(H,28,31)(H2,26,27,29,32). The normalized spacial score (nSPS) is 18.0. The number of primary amides is 1. The van der Waals surface area contributed by atoms with E-state index in [0.717, 1.165) is 23.1 Å². The number of hydrogen-bond acceptors (Lipinski definition) is 5. The minimum Gasteiger partial charge on any atom is -0.369 e. The predicted octanol–water partition coefficient (Wildman–Crippen LogP) is 4.68. The van der Waals surface area contributed by atoms with Crippen molar-refractivity contribution in [3.05, 3.63) is 52.5 Å². The molecule has 3 aromatic rings. The molecule has 1 fully saturated rings. The molecule has 1 aromatic heterocycles. The molecule has 1 aliphatic rings. The number of urea groups is 1. The van der Waals surface area contributed by atoms with E-state index in [4.69, 9.17) is 17.3 Å². The molecular weight excluding hydrogens is 462 g/mol. The Hall–Kier alpha value is -3.17. The van der Waals surface area contributed by atoms with E-state index in [-0.39, 0.29) is 17.9 Å². The number of carbonyl (C=O) groups is 3. The molecule has 0 radical (unpaired) electrons. The van der Waals surface area contributed by atoms with Gasteiger partial charge in [-0.3, -0.25) is 14.9 Å². The maximum atomic E-state index is 12.8. The lowest BCUT2D eigenvalue weighted by atomic mass is 9.84. The molecule has 1 aliphatic carbocycles. The van der Waals surface area contributed by atoms with Gasteiger partial charge in [0.05, 0.1) is 26.8 Å². The number of benzene rings is 2. The van der Waals surface area contributed by atoms with Crippen LogP contribution in [0.3, 0.4) is 0 Å². The van der Waals surface area contributed by atoms with Gasteiger partial charge in [0.2, 0.25) is 5.91 Å². The number of nitrogens with zero attached hydrogens (tertiary/aromatic N) is 1. The third-order valence-corrected chi connectivity index (χ3v) is 7.03. The number of aromatic nitrogens is 1. The summed E-state index contributed by atoms with van der Waals surface area (Å²) < 4.78 is 0.751. The molecule has 2 unspecified atom stereocenters. The van der Waals surface area contributed by atoms with Crippen LogP contribution in [0, 0.1) is 12.8 Å². The number of carbonyl (C=O) groups excluding carboxylic acids is 3. The minimum atomic E-state index is -0.431. The van der Waals surface area contributed by atoms with Gasteiger partial charge < -0.3 is 16.4 Å². The van der Waals surface area contributed by atoms with Crippen molar-refractivity contribution < 1.29 is 14.4 Å². The van der Waals surface area contributed by atoms with Gasteiger partial charge in [-0.15, -0.1) is 0 Å². The maximum Gasteiger partial charge on any atom is 0.321 e. The zero-order chi connectivity index (χ0) is 23.5. The summed E-state index contributed by atoms with van der Waals surface area (Å²) in [5, 5.41) is 9.30. The van der Waals surface area contributed by atoms with E-state index in [2.05, 4.69) is 20.9 Å². The van der Waals surface area contributed by atoms with E-state index in [1.165, 1.54) is 11.3 Å². The predicted molar refractivity (Wildman–Crippen MR) is 131 cm³/mol. The summed E-state index contributed by atoms with van der Waals surface area (Å²) in [6.07, 6.45) is 3.26. The fourth-order valence-electron chi connectivity index (χ4n) is 4.04. The van der Waals surface area contributed by atoms with Crippen molar-refractivity contribution in [3.63, 3.8) is 0 Å². The van der Waals surface area contributed by atoms with Gasteiger partial charge >= 0.3 is 6.03 Å². The van der Waals surface area contributed by atoms with E-state index < -0.39 is 11.9 Å². The molecule has 0 bridgehead atoms. The second-order valence-corrected chi connectivity index (χ2v) is 9.52. The molecule has 10 heteroatoms. The highest BCUT2D eigenvalue weighted by molar-refractivity contribution is 7.22. The molecule has 33 heavy (non-hydrogen) atoms. The number of nitrogens with one attached hydrogen (secondary N) is 3.